The second kappa shape index (κ2) is 6.12. The lowest BCUT2D eigenvalue weighted by molar-refractivity contribution is -0.122. The lowest BCUT2D eigenvalue weighted by Crippen LogP contribution is -2.37. The number of amides is 1. The number of carbonyl (C=O) groups is 1. The number of likely N-dealkylation sites (tertiary alicyclic amines) is 1. The quantitative estimate of drug-likeness (QED) is 0.846. The molecule has 0 aliphatic carbocycles. The molecule has 0 aromatic heterocycles. The topological polar surface area (TPSA) is 58.4 Å². The molecule has 1 saturated heterocycles. The molecule has 3 N–H and O–H groups in total. The van der Waals surface area contributed by atoms with E-state index in [4.69, 9.17) is 5.73 Å². The summed E-state index contributed by atoms with van der Waals surface area (Å²) >= 11 is 0. The minimum atomic E-state index is -0.221. The summed E-state index contributed by atoms with van der Waals surface area (Å²) in [6, 6.07) is 5.05. The third-order valence-electron chi connectivity index (χ3n) is 3.39. The molecule has 5 heteroatoms. The van der Waals surface area contributed by atoms with Crippen molar-refractivity contribution in [3.05, 3.63) is 35.1 Å². The third kappa shape index (κ3) is 4.01. The van der Waals surface area contributed by atoms with Crippen molar-refractivity contribution in [2.24, 2.45) is 5.73 Å². The first-order valence-electron chi connectivity index (χ1n) is 6.54. The first kappa shape index (κ1) is 14.0. The summed E-state index contributed by atoms with van der Waals surface area (Å²) in [6.45, 7) is 4.19. The molecule has 19 heavy (non-hydrogen) atoms. The number of nitrogens with two attached hydrogens (primary N) is 1. The second-order valence-corrected chi connectivity index (χ2v) is 5.14. The first-order valence-corrected chi connectivity index (χ1v) is 6.54. The number of rotatable bonds is 4. The fraction of sp³-hybridized carbons (Fsp3) is 0.500. The van der Waals surface area contributed by atoms with E-state index in [9.17, 15) is 9.18 Å². The SMILES string of the molecule is Cc1cc(CNC(=O)CN2CC[C@@H](N)C2)ccc1F. The van der Waals surface area contributed by atoms with Crippen LogP contribution in [-0.2, 0) is 11.3 Å². The van der Waals surface area contributed by atoms with Gasteiger partial charge in [-0.2, -0.15) is 0 Å². The van der Waals surface area contributed by atoms with Crippen LogP contribution in [0.5, 0.6) is 0 Å². The lowest BCUT2D eigenvalue weighted by atomic mass is 10.1. The van der Waals surface area contributed by atoms with Crippen molar-refractivity contribution in [1.82, 2.24) is 10.2 Å². The summed E-state index contributed by atoms with van der Waals surface area (Å²) in [5, 5.41) is 2.84. The van der Waals surface area contributed by atoms with Gasteiger partial charge in [0.2, 0.25) is 5.91 Å². The largest absolute Gasteiger partial charge is 0.351 e. The van der Waals surface area contributed by atoms with Gasteiger partial charge in [-0.3, -0.25) is 9.69 Å². The molecule has 4 nitrogen and oxygen atoms in total. The molecule has 2 rings (SSSR count). The maximum atomic E-state index is 13.1. The zero-order chi connectivity index (χ0) is 13.8. The highest BCUT2D eigenvalue weighted by Gasteiger charge is 2.20. The highest BCUT2D eigenvalue weighted by Crippen LogP contribution is 2.09. The van der Waals surface area contributed by atoms with Crippen LogP contribution in [0.25, 0.3) is 0 Å². The molecule has 0 radical (unpaired) electrons. The molecule has 0 spiro atoms. The van der Waals surface area contributed by atoms with Crippen LogP contribution in [0.15, 0.2) is 18.2 Å². The van der Waals surface area contributed by atoms with E-state index >= 15 is 0 Å². The first-order chi connectivity index (χ1) is 9.04. The van der Waals surface area contributed by atoms with Crippen LogP contribution in [0.2, 0.25) is 0 Å². The van der Waals surface area contributed by atoms with Crippen LogP contribution in [0.4, 0.5) is 4.39 Å². The molecule has 1 atom stereocenters. The Kier molecular flexibility index (Phi) is 4.50. The van der Waals surface area contributed by atoms with Gasteiger partial charge in [-0.15, -0.1) is 0 Å². The summed E-state index contributed by atoms with van der Waals surface area (Å²) in [4.78, 5) is 13.8. The van der Waals surface area contributed by atoms with Gasteiger partial charge in [0.25, 0.3) is 0 Å². The Hall–Kier alpha value is -1.46. The molecule has 1 amide bonds. The van der Waals surface area contributed by atoms with Crippen molar-refractivity contribution in [3.8, 4) is 0 Å². The standard InChI is InChI=1S/C14H20FN3O/c1-10-6-11(2-3-13(10)15)7-17-14(19)9-18-5-4-12(16)8-18/h2-3,6,12H,4-5,7-9,16H2,1H3,(H,17,19)/t12-/m1/s1. The predicted octanol–water partition coefficient (Wildman–Crippen LogP) is 0.783. The van der Waals surface area contributed by atoms with E-state index in [2.05, 4.69) is 10.2 Å². The molecule has 1 aromatic carbocycles. The van der Waals surface area contributed by atoms with Gasteiger partial charge < -0.3 is 11.1 Å². The molecule has 1 aliphatic heterocycles. The average Bonchev–Trinajstić information content (AvgIpc) is 2.76. The second-order valence-electron chi connectivity index (χ2n) is 5.14. The van der Waals surface area contributed by atoms with E-state index < -0.39 is 0 Å². The molecule has 1 heterocycles. The number of hydrogen-bond donors (Lipinski definition) is 2. The number of nitrogens with zero attached hydrogens (tertiary/aromatic N) is 1. The number of benzene rings is 1. The Balaban J connectivity index is 1.78. The van der Waals surface area contributed by atoms with Gasteiger partial charge in [-0.1, -0.05) is 12.1 Å². The smallest absolute Gasteiger partial charge is 0.234 e. The van der Waals surface area contributed by atoms with E-state index in [-0.39, 0.29) is 17.8 Å². The van der Waals surface area contributed by atoms with Gasteiger partial charge in [-0.25, -0.2) is 4.39 Å². The van der Waals surface area contributed by atoms with E-state index in [1.165, 1.54) is 6.07 Å². The van der Waals surface area contributed by atoms with Crippen LogP contribution in [0.3, 0.4) is 0 Å². The number of hydrogen-bond acceptors (Lipinski definition) is 3. The minimum absolute atomic E-state index is 0.0175. The van der Waals surface area contributed by atoms with E-state index in [1.807, 2.05) is 0 Å². The predicted molar refractivity (Wildman–Crippen MR) is 72.0 cm³/mol. The van der Waals surface area contributed by atoms with Gasteiger partial charge in [-0.05, 0) is 30.5 Å². The Labute approximate surface area is 112 Å². The monoisotopic (exact) mass is 265 g/mol. The molecule has 1 aliphatic rings. The fourth-order valence-corrected chi connectivity index (χ4v) is 2.28. The molecular formula is C14H20FN3O. The molecule has 1 fully saturated rings. The highest BCUT2D eigenvalue weighted by atomic mass is 19.1. The van der Waals surface area contributed by atoms with Crippen LogP contribution in [0.1, 0.15) is 17.5 Å². The van der Waals surface area contributed by atoms with Crippen molar-refractivity contribution in [1.29, 1.82) is 0 Å². The number of carbonyl (C=O) groups excluding carboxylic acids is 1. The van der Waals surface area contributed by atoms with Crippen molar-refractivity contribution < 1.29 is 9.18 Å². The van der Waals surface area contributed by atoms with Crippen LogP contribution in [-0.4, -0.2) is 36.5 Å². The van der Waals surface area contributed by atoms with Gasteiger partial charge in [0.05, 0.1) is 6.54 Å². The number of nitrogens with one attached hydrogen (secondary N) is 1. The van der Waals surface area contributed by atoms with Crippen molar-refractivity contribution in [2.75, 3.05) is 19.6 Å². The maximum absolute atomic E-state index is 13.1. The Morgan fingerprint density at radius 3 is 3.00 bits per heavy atom. The van der Waals surface area contributed by atoms with Gasteiger partial charge >= 0.3 is 0 Å². The van der Waals surface area contributed by atoms with Gasteiger partial charge in [0.1, 0.15) is 5.82 Å². The Bertz CT molecular complexity index is 464. The summed E-state index contributed by atoms with van der Waals surface area (Å²) in [6.07, 6.45) is 0.949. The van der Waals surface area contributed by atoms with Crippen molar-refractivity contribution in [3.63, 3.8) is 0 Å². The molecule has 0 bridgehead atoms. The van der Waals surface area contributed by atoms with E-state index in [1.54, 1.807) is 19.1 Å². The summed E-state index contributed by atoms with van der Waals surface area (Å²) < 4.78 is 13.1. The van der Waals surface area contributed by atoms with Gasteiger partial charge in [0, 0.05) is 25.7 Å². The molecular weight excluding hydrogens is 245 g/mol. The lowest BCUT2D eigenvalue weighted by Gasteiger charge is -2.14. The molecule has 104 valence electrons. The van der Waals surface area contributed by atoms with E-state index in [0.717, 1.165) is 25.1 Å². The number of halogens is 1. The van der Waals surface area contributed by atoms with Gasteiger partial charge in [0.15, 0.2) is 0 Å². The zero-order valence-corrected chi connectivity index (χ0v) is 11.2. The summed E-state index contributed by atoms with van der Waals surface area (Å²) in [5.74, 6) is -0.239. The van der Waals surface area contributed by atoms with Crippen molar-refractivity contribution >= 4 is 5.91 Å². The number of aryl methyl sites for hydroxylation is 1. The maximum Gasteiger partial charge on any atom is 0.234 e. The Morgan fingerprint density at radius 2 is 2.37 bits per heavy atom. The molecule has 0 unspecified atom stereocenters. The van der Waals surface area contributed by atoms with Crippen LogP contribution < -0.4 is 11.1 Å². The molecule has 0 saturated carbocycles. The summed E-state index contributed by atoms with van der Waals surface area (Å²) in [7, 11) is 0. The van der Waals surface area contributed by atoms with Crippen LogP contribution >= 0.6 is 0 Å². The highest BCUT2D eigenvalue weighted by molar-refractivity contribution is 5.78. The fourth-order valence-electron chi connectivity index (χ4n) is 2.28. The van der Waals surface area contributed by atoms with E-state index in [0.29, 0.717) is 18.7 Å². The third-order valence-corrected chi connectivity index (χ3v) is 3.39. The normalized spacial score (nSPS) is 19.6. The molecule has 1 aromatic rings. The minimum Gasteiger partial charge on any atom is -0.351 e. The summed E-state index contributed by atoms with van der Waals surface area (Å²) in [5.41, 5.74) is 7.29. The zero-order valence-electron chi connectivity index (χ0n) is 11.2. The van der Waals surface area contributed by atoms with Crippen LogP contribution in [0, 0.1) is 12.7 Å². The van der Waals surface area contributed by atoms with Crippen molar-refractivity contribution in [2.45, 2.75) is 25.9 Å². The Morgan fingerprint density at radius 1 is 1.58 bits per heavy atom. The average molecular weight is 265 g/mol.